The van der Waals surface area contributed by atoms with Crippen molar-refractivity contribution in [2.45, 2.75) is 6.23 Å². The smallest absolute Gasteiger partial charge is 0.169 e. The van der Waals surface area contributed by atoms with Crippen molar-refractivity contribution in [3.63, 3.8) is 0 Å². The summed E-state index contributed by atoms with van der Waals surface area (Å²) in [5.74, 6) is 0.811. The van der Waals surface area contributed by atoms with Gasteiger partial charge in [-0.25, -0.2) is 10.0 Å². The molecular weight excluding hydrogens is 178 g/mol. The summed E-state index contributed by atoms with van der Waals surface area (Å²) >= 11 is 5.70. The van der Waals surface area contributed by atoms with Crippen molar-refractivity contribution in [2.75, 3.05) is 13.7 Å². The number of fused-ring (bicyclic) bond motifs is 1. The van der Waals surface area contributed by atoms with E-state index in [2.05, 4.69) is 10.1 Å². The third-order valence-electron chi connectivity index (χ3n) is 1.73. The van der Waals surface area contributed by atoms with Crippen LogP contribution in [0, 0.1) is 0 Å². The molecular formula is C7H8ClN3O. The molecule has 0 radical (unpaired) electrons. The maximum Gasteiger partial charge on any atom is 0.169 e. The molecule has 0 aliphatic carbocycles. The predicted molar refractivity (Wildman–Crippen MR) is 47.4 cm³/mol. The molecule has 2 aliphatic heterocycles. The Morgan fingerprint density at radius 1 is 1.67 bits per heavy atom. The van der Waals surface area contributed by atoms with E-state index >= 15 is 0 Å². The number of allylic oxidation sites excluding steroid dienone is 1. The van der Waals surface area contributed by atoms with Crippen molar-refractivity contribution in [3.05, 3.63) is 12.2 Å². The summed E-state index contributed by atoms with van der Waals surface area (Å²) in [6.45, 7) is 0.645. The summed E-state index contributed by atoms with van der Waals surface area (Å²) in [5, 5.41) is 6.27. The number of methoxy groups -OCH3 is 1. The minimum Gasteiger partial charge on any atom is -0.358 e. The molecule has 0 amide bonds. The molecule has 0 saturated heterocycles. The van der Waals surface area contributed by atoms with Gasteiger partial charge in [0.15, 0.2) is 6.23 Å². The Bertz CT molecular complexity index is 284. The first-order valence-electron chi connectivity index (χ1n) is 3.60. The van der Waals surface area contributed by atoms with E-state index in [1.54, 1.807) is 18.2 Å². The fourth-order valence-electron chi connectivity index (χ4n) is 1.14. The van der Waals surface area contributed by atoms with Crippen molar-refractivity contribution in [1.82, 2.24) is 5.01 Å². The Morgan fingerprint density at radius 2 is 2.50 bits per heavy atom. The second kappa shape index (κ2) is 2.88. The molecule has 0 saturated carbocycles. The van der Waals surface area contributed by atoms with Crippen LogP contribution >= 0.6 is 11.6 Å². The summed E-state index contributed by atoms with van der Waals surface area (Å²) in [5.41, 5.74) is 0. The van der Waals surface area contributed by atoms with Gasteiger partial charge in [0.25, 0.3) is 0 Å². The van der Waals surface area contributed by atoms with Crippen molar-refractivity contribution >= 4 is 22.6 Å². The van der Waals surface area contributed by atoms with Gasteiger partial charge in [-0.3, -0.25) is 0 Å². The predicted octanol–water partition coefficient (Wildman–Crippen LogP) is 0.795. The number of hydrogen-bond acceptors (Lipinski definition) is 4. The molecule has 0 fully saturated rings. The topological polar surface area (TPSA) is 37.2 Å². The molecule has 12 heavy (non-hydrogen) atoms. The lowest BCUT2D eigenvalue weighted by Crippen LogP contribution is -2.26. The molecule has 1 atom stereocenters. The third-order valence-corrected chi connectivity index (χ3v) is 1.93. The Hall–Kier alpha value is -0.870. The van der Waals surface area contributed by atoms with Crippen molar-refractivity contribution < 1.29 is 4.74 Å². The standard InChI is InChI=1S/C7H8ClN3O/c1-12-7-4-11-6(9-7)3-2-5(8)10-11/h2-3,7H,4H2,1H3/t7-/m0/s1. The molecule has 0 N–H and O–H groups in total. The van der Waals surface area contributed by atoms with Crippen LogP contribution < -0.4 is 0 Å². The fourth-order valence-corrected chi connectivity index (χ4v) is 1.29. The highest BCUT2D eigenvalue weighted by Crippen LogP contribution is 2.15. The Kier molecular flexibility index (Phi) is 1.86. The van der Waals surface area contributed by atoms with E-state index in [4.69, 9.17) is 16.3 Å². The summed E-state index contributed by atoms with van der Waals surface area (Å²) in [4.78, 5) is 4.23. The SMILES string of the molecule is CO[C@H]1CN2N=C(Cl)C=CC2=N1. The highest BCUT2D eigenvalue weighted by molar-refractivity contribution is 6.68. The first kappa shape index (κ1) is 7.76. The molecule has 0 unspecified atom stereocenters. The van der Waals surface area contributed by atoms with Crippen LogP contribution in [0.5, 0.6) is 0 Å². The number of nitrogens with zero attached hydrogens (tertiary/aromatic N) is 3. The van der Waals surface area contributed by atoms with Gasteiger partial charge in [-0.2, -0.15) is 5.10 Å². The molecule has 2 heterocycles. The zero-order chi connectivity index (χ0) is 8.55. The third kappa shape index (κ3) is 1.23. The lowest BCUT2D eigenvalue weighted by molar-refractivity contribution is 0.105. The molecule has 2 rings (SSSR count). The average molecular weight is 186 g/mol. The van der Waals surface area contributed by atoms with Crippen LogP contribution in [0.25, 0.3) is 0 Å². The van der Waals surface area contributed by atoms with Crippen LogP contribution in [0.4, 0.5) is 0 Å². The summed E-state index contributed by atoms with van der Waals surface area (Å²) in [6.07, 6.45) is 3.43. The number of hydrogen-bond donors (Lipinski definition) is 0. The van der Waals surface area contributed by atoms with Gasteiger partial charge < -0.3 is 4.74 Å². The molecule has 2 aliphatic rings. The Labute approximate surface area is 75.2 Å². The van der Waals surface area contributed by atoms with Gasteiger partial charge in [0.1, 0.15) is 11.0 Å². The van der Waals surface area contributed by atoms with Crippen molar-refractivity contribution in [1.29, 1.82) is 0 Å². The lowest BCUT2D eigenvalue weighted by atomic mass is 10.4. The molecule has 0 spiro atoms. The Balaban J connectivity index is 2.20. The molecule has 0 aromatic heterocycles. The normalized spacial score (nSPS) is 26.8. The second-order valence-electron chi connectivity index (χ2n) is 2.52. The first-order chi connectivity index (χ1) is 5.79. The summed E-state index contributed by atoms with van der Waals surface area (Å²) < 4.78 is 5.06. The summed E-state index contributed by atoms with van der Waals surface area (Å²) in [7, 11) is 1.63. The van der Waals surface area contributed by atoms with Gasteiger partial charge in [-0.1, -0.05) is 11.6 Å². The first-order valence-corrected chi connectivity index (χ1v) is 3.98. The van der Waals surface area contributed by atoms with E-state index in [0.29, 0.717) is 11.7 Å². The number of aliphatic imine (C=N–C) groups is 1. The minimum atomic E-state index is -0.115. The molecule has 64 valence electrons. The summed E-state index contributed by atoms with van der Waals surface area (Å²) in [6, 6.07) is 0. The van der Waals surface area contributed by atoms with E-state index < -0.39 is 0 Å². The van der Waals surface area contributed by atoms with Gasteiger partial charge in [-0.05, 0) is 12.2 Å². The molecule has 0 aromatic carbocycles. The van der Waals surface area contributed by atoms with E-state index in [-0.39, 0.29) is 6.23 Å². The van der Waals surface area contributed by atoms with Gasteiger partial charge in [0.2, 0.25) is 0 Å². The average Bonchev–Trinajstić information content (AvgIpc) is 2.46. The number of rotatable bonds is 1. The fraction of sp³-hybridized carbons (Fsp3) is 0.429. The quantitative estimate of drug-likeness (QED) is 0.606. The van der Waals surface area contributed by atoms with Crippen LogP contribution in [0.1, 0.15) is 0 Å². The van der Waals surface area contributed by atoms with Crippen LogP contribution in [-0.4, -0.2) is 35.9 Å². The van der Waals surface area contributed by atoms with Crippen LogP contribution in [0.2, 0.25) is 0 Å². The molecule has 4 nitrogen and oxygen atoms in total. The van der Waals surface area contributed by atoms with E-state index in [9.17, 15) is 0 Å². The number of hydrazone groups is 1. The molecule has 5 heteroatoms. The second-order valence-corrected chi connectivity index (χ2v) is 2.90. The van der Waals surface area contributed by atoms with E-state index in [1.807, 2.05) is 6.08 Å². The Morgan fingerprint density at radius 3 is 3.25 bits per heavy atom. The van der Waals surface area contributed by atoms with Crippen LogP contribution in [0.3, 0.4) is 0 Å². The minimum absolute atomic E-state index is 0.115. The van der Waals surface area contributed by atoms with Crippen molar-refractivity contribution in [2.24, 2.45) is 10.1 Å². The van der Waals surface area contributed by atoms with Gasteiger partial charge in [0, 0.05) is 7.11 Å². The van der Waals surface area contributed by atoms with E-state index in [0.717, 1.165) is 5.84 Å². The largest absolute Gasteiger partial charge is 0.358 e. The van der Waals surface area contributed by atoms with Gasteiger partial charge in [0.05, 0.1) is 6.54 Å². The van der Waals surface area contributed by atoms with E-state index in [1.165, 1.54) is 0 Å². The maximum atomic E-state index is 5.70. The van der Waals surface area contributed by atoms with Crippen LogP contribution in [0.15, 0.2) is 22.2 Å². The monoisotopic (exact) mass is 185 g/mol. The zero-order valence-electron chi connectivity index (χ0n) is 6.57. The number of amidine groups is 1. The van der Waals surface area contributed by atoms with Crippen LogP contribution in [-0.2, 0) is 4.74 Å². The number of ether oxygens (including phenoxy) is 1. The van der Waals surface area contributed by atoms with Gasteiger partial charge >= 0.3 is 0 Å². The highest BCUT2D eigenvalue weighted by atomic mass is 35.5. The van der Waals surface area contributed by atoms with Crippen molar-refractivity contribution in [3.8, 4) is 0 Å². The number of halogens is 1. The lowest BCUT2D eigenvalue weighted by Gasteiger charge is -2.14. The zero-order valence-corrected chi connectivity index (χ0v) is 7.32. The maximum absolute atomic E-state index is 5.70. The highest BCUT2D eigenvalue weighted by Gasteiger charge is 2.24. The molecule has 0 bridgehead atoms. The molecule has 0 aromatic rings. The van der Waals surface area contributed by atoms with Gasteiger partial charge in [-0.15, -0.1) is 0 Å².